The van der Waals surface area contributed by atoms with Crippen LogP contribution >= 0.6 is 35.3 Å². The molecule has 25 heavy (non-hydrogen) atoms. The number of rotatable bonds is 7. The van der Waals surface area contributed by atoms with E-state index >= 15 is 0 Å². The van der Waals surface area contributed by atoms with Crippen molar-refractivity contribution in [3.05, 3.63) is 52.0 Å². The third-order valence-electron chi connectivity index (χ3n) is 3.58. The van der Waals surface area contributed by atoms with Gasteiger partial charge in [0.05, 0.1) is 6.61 Å². The van der Waals surface area contributed by atoms with Gasteiger partial charge in [0.15, 0.2) is 17.5 Å². The van der Waals surface area contributed by atoms with E-state index in [1.807, 2.05) is 13.0 Å². The molecule has 0 amide bonds. The van der Waals surface area contributed by atoms with Crippen molar-refractivity contribution < 1.29 is 9.13 Å². The molecule has 1 aromatic carbocycles. The summed E-state index contributed by atoms with van der Waals surface area (Å²) in [5.41, 5.74) is 0.838. The van der Waals surface area contributed by atoms with Crippen LogP contribution in [-0.4, -0.2) is 26.2 Å². The third-order valence-corrected chi connectivity index (χ3v) is 4.69. The lowest BCUT2D eigenvalue weighted by molar-refractivity contribution is 0.321. The van der Waals surface area contributed by atoms with E-state index in [4.69, 9.17) is 4.74 Å². The molecule has 0 aliphatic heterocycles. The highest BCUT2D eigenvalue weighted by Crippen LogP contribution is 2.20. The second kappa shape index (κ2) is 11.3. The molecule has 4 nitrogen and oxygen atoms in total. The van der Waals surface area contributed by atoms with Gasteiger partial charge in [-0.25, -0.2) is 4.39 Å². The molecule has 1 heterocycles. The van der Waals surface area contributed by atoms with Gasteiger partial charge in [0.2, 0.25) is 0 Å². The maximum absolute atomic E-state index is 13.9. The molecule has 0 fully saturated rings. The summed E-state index contributed by atoms with van der Waals surface area (Å²) in [4.78, 5) is 5.54. The van der Waals surface area contributed by atoms with Crippen LogP contribution in [0.15, 0.2) is 40.7 Å². The maximum atomic E-state index is 13.9. The van der Waals surface area contributed by atoms with Crippen LogP contribution in [0.25, 0.3) is 0 Å². The highest BCUT2D eigenvalue weighted by Gasteiger charge is 2.08. The predicted octanol–water partition coefficient (Wildman–Crippen LogP) is 4.37. The molecule has 0 saturated heterocycles. The molecule has 2 N–H and O–H groups in total. The molecule has 1 unspecified atom stereocenters. The Bertz CT molecular complexity index is 664. The van der Waals surface area contributed by atoms with Gasteiger partial charge in [-0.1, -0.05) is 19.1 Å². The first-order chi connectivity index (χ1) is 11.6. The van der Waals surface area contributed by atoms with Gasteiger partial charge in [-0.15, -0.1) is 35.3 Å². The summed E-state index contributed by atoms with van der Waals surface area (Å²) in [5.74, 6) is 1.05. The van der Waals surface area contributed by atoms with Crippen molar-refractivity contribution in [2.45, 2.75) is 26.3 Å². The molecule has 0 bridgehead atoms. The molecule has 2 rings (SSSR count). The zero-order chi connectivity index (χ0) is 17.4. The van der Waals surface area contributed by atoms with E-state index < -0.39 is 0 Å². The SMILES string of the molecule is CCOc1ccc(CNC(=NC)NCC(C)c2cccs2)cc1F.I. The Morgan fingerprint density at radius 2 is 2.12 bits per heavy atom. The lowest BCUT2D eigenvalue weighted by Crippen LogP contribution is -2.38. The van der Waals surface area contributed by atoms with Crippen molar-refractivity contribution in [2.75, 3.05) is 20.2 Å². The molecule has 1 atom stereocenters. The quantitative estimate of drug-likeness (QED) is 0.354. The molecule has 138 valence electrons. The Hall–Kier alpha value is -1.35. The molecule has 1 aromatic heterocycles. The Morgan fingerprint density at radius 1 is 1.32 bits per heavy atom. The first-order valence-corrected chi connectivity index (χ1v) is 8.91. The fraction of sp³-hybridized carbons (Fsp3) is 0.389. The number of hydrogen-bond acceptors (Lipinski definition) is 3. The summed E-state index contributed by atoms with van der Waals surface area (Å²) in [6, 6.07) is 9.19. The predicted molar refractivity (Wildman–Crippen MR) is 114 cm³/mol. The Morgan fingerprint density at radius 3 is 2.72 bits per heavy atom. The number of ether oxygens (including phenoxy) is 1. The van der Waals surface area contributed by atoms with Gasteiger partial charge >= 0.3 is 0 Å². The zero-order valence-corrected chi connectivity index (χ0v) is 17.9. The summed E-state index contributed by atoms with van der Waals surface area (Å²) in [7, 11) is 1.73. The van der Waals surface area contributed by atoms with Crippen molar-refractivity contribution in [2.24, 2.45) is 4.99 Å². The molecule has 2 aromatic rings. The van der Waals surface area contributed by atoms with Crippen LogP contribution in [0.3, 0.4) is 0 Å². The number of nitrogens with zero attached hydrogens (tertiary/aromatic N) is 1. The summed E-state index contributed by atoms with van der Waals surface area (Å²) < 4.78 is 19.1. The van der Waals surface area contributed by atoms with E-state index in [1.54, 1.807) is 24.5 Å². The van der Waals surface area contributed by atoms with E-state index in [9.17, 15) is 4.39 Å². The molecular weight excluding hydrogens is 452 g/mol. The summed E-state index contributed by atoms with van der Waals surface area (Å²) >= 11 is 1.75. The Labute approximate surface area is 169 Å². The van der Waals surface area contributed by atoms with Crippen LogP contribution in [0.5, 0.6) is 5.75 Å². The summed E-state index contributed by atoms with van der Waals surface area (Å²) in [6.45, 7) is 5.75. The Kier molecular flexibility index (Phi) is 9.81. The van der Waals surface area contributed by atoms with Gasteiger partial charge in [-0.2, -0.15) is 0 Å². The minimum atomic E-state index is -0.342. The molecular formula is C18H25FIN3OS. The minimum absolute atomic E-state index is 0. The number of halogens is 2. The van der Waals surface area contributed by atoms with Crippen LogP contribution < -0.4 is 15.4 Å². The van der Waals surface area contributed by atoms with Crippen LogP contribution in [0.1, 0.15) is 30.2 Å². The van der Waals surface area contributed by atoms with Gasteiger partial charge in [0, 0.05) is 30.9 Å². The van der Waals surface area contributed by atoms with Crippen molar-refractivity contribution >= 4 is 41.3 Å². The molecule has 7 heteroatoms. The van der Waals surface area contributed by atoms with E-state index in [2.05, 4.69) is 40.1 Å². The van der Waals surface area contributed by atoms with Crippen molar-refractivity contribution in [1.82, 2.24) is 10.6 Å². The van der Waals surface area contributed by atoms with Crippen LogP contribution in [-0.2, 0) is 6.54 Å². The van der Waals surface area contributed by atoms with E-state index in [0.717, 1.165) is 12.1 Å². The van der Waals surface area contributed by atoms with Crippen LogP contribution in [0.2, 0.25) is 0 Å². The lowest BCUT2D eigenvalue weighted by atomic mass is 10.1. The van der Waals surface area contributed by atoms with Crippen molar-refractivity contribution in [1.29, 1.82) is 0 Å². The van der Waals surface area contributed by atoms with Gasteiger partial charge in [0.25, 0.3) is 0 Å². The fourth-order valence-electron chi connectivity index (χ4n) is 2.26. The van der Waals surface area contributed by atoms with Gasteiger partial charge in [-0.3, -0.25) is 4.99 Å². The first-order valence-electron chi connectivity index (χ1n) is 8.03. The first kappa shape index (κ1) is 21.7. The van der Waals surface area contributed by atoms with Gasteiger partial charge < -0.3 is 15.4 Å². The van der Waals surface area contributed by atoms with Crippen molar-refractivity contribution in [3.8, 4) is 5.75 Å². The maximum Gasteiger partial charge on any atom is 0.191 e. The minimum Gasteiger partial charge on any atom is -0.491 e. The molecule has 0 spiro atoms. The average molecular weight is 477 g/mol. The topological polar surface area (TPSA) is 45.6 Å². The lowest BCUT2D eigenvalue weighted by Gasteiger charge is -2.15. The third kappa shape index (κ3) is 6.81. The molecule has 0 saturated carbocycles. The average Bonchev–Trinajstić information content (AvgIpc) is 3.12. The van der Waals surface area contributed by atoms with E-state index in [0.29, 0.717) is 25.0 Å². The molecule has 0 aliphatic carbocycles. The Balaban J connectivity index is 0.00000312. The number of guanidine groups is 1. The van der Waals surface area contributed by atoms with E-state index in [1.165, 1.54) is 10.9 Å². The molecule has 0 radical (unpaired) electrons. The number of nitrogens with one attached hydrogen (secondary N) is 2. The monoisotopic (exact) mass is 477 g/mol. The second-order valence-electron chi connectivity index (χ2n) is 5.42. The van der Waals surface area contributed by atoms with Crippen LogP contribution in [0.4, 0.5) is 4.39 Å². The normalized spacial score (nSPS) is 12.2. The molecule has 0 aliphatic rings. The zero-order valence-electron chi connectivity index (χ0n) is 14.7. The number of thiophene rings is 1. The summed E-state index contributed by atoms with van der Waals surface area (Å²) in [5, 5.41) is 8.58. The number of aliphatic imine (C=N–C) groups is 1. The van der Waals surface area contributed by atoms with Gasteiger partial charge in [-0.05, 0) is 36.1 Å². The fourth-order valence-corrected chi connectivity index (χ4v) is 3.04. The second-order valence-corrected chi connectivity index (χ2v) is 6.40. The summed E-state index contributed by atoms with van der Waals surface area (Å²) in [6.07, 6.45) is 0. The van der Waals surface area contributed by atoms with Gasteiger partial charge in [0.1, 0.15) is 0 Å². The standard InChI is InChI=1S/C18H24FN3OS.HI/c1-4-23-16-8-7-14(10-15(16)19)12-22-18(20-3)21-11-13(2)17-6-5-9-24-17;/h5-10,13H,4,11-12H2,1-3H3,(H2,20,21,22);1H. The number of benzene rings is 1. The van der Waals surface area contributed by atoms with E-state index in [-0.39, 0.29) is 35.5 Å². The highest BCUT2D eigenvalue weighted by molar-refractivity contribution is 14.0. The smallest absolute Gasteiger partial charge is 0.191 e. The largest absolute Gasteiger partial charge is 0.491 e. The van der Waals surface area contributed by atoms with Crippen molar-refractivity contribution in [3.63, 3.8) is 0 Å². The highest BCUT2D eigenvalue weighted by atomic mass is 127. The number of hydrogen-bond donors (Lipinski definition) is 2. The van der Waals surface area contributed by atoms with Crippen LogP contribution in [0, 0.1) is 5.82 Å².